The Labute approximate surface area is 114 Å². The van der Waals surface area contributed by atoms with E-state index in [2.05, 4.69) is 27.3 Å². The Morgan fingerprint density at radius 2 is 1.53 bits per heavy atom. The average molecular weight is 256 g/mol. The van der Waals surface area contributed by atoms with E-state index in [1.807, 2.05) is 48.8 Å². The summed E-state index contributed by atoms with van der Waals surface area (Å²) < 4.78 is 0. The predicted molar refractivity (Wildman–Crippen MR) is 76.0 cm³/mol. The van der Waals surface area contributed by atoms with Crippen molar-refractivity contribution in [1.29, 1.82) is 0 Å². The summed E-state index contributed by atoms with van der Waals surface area (Å²) in [7, 11) is 0. The number of hydrogen-bond donors (Lipinski definition) is 1. The van der Waals surface area contributed by atoms with Crippen LogP contribution in [0.4, 0.5) is 0 Å². The molecular formula is C15H20N4. The Morgan fingerprint density at radius 3 is 1.95 bits per heavy atom. The lowest BCUT2D eigenvalue weighted by molar-refractivity contribution is 0.165. The van der Waals surface area contributed by atoms with Crippen molar-refractivity contribution in [2.45, 2.75) is 26.4 Å². The van der Waals surface area contributed by atoms with Gasteiger partial charge >= 0.3 is 0 Å². The first-order valence-corrected chi connectivity index (χ1v) is 6.66. The zero-order chi connectivity index (χ0) is 13.3. The maximum atomic E-state index is 4.37. The van der Waals surface area contributed by atoms with Crippen LogP contribution in [0.25, 0.3) is 0 Å². The fourth-order valence-electron chi connectivity index (χ4n) is 1.81. The molecule has 0 fully saturated rings. The second-order valence-electron chi connectivity index (χ2n) is 4.41. The maximum absolute atomic E-state index is 4.37. The molecule has 2 aromatic rings. The van der Waals surface area contributed by atoms with Gasteiger partial charge in [-0.25, -0.2) is 5.01 Å². The molecule has 0 radical (unpaired) electrons. The minimum atomic E-state index is 0.775. The molecule has 0 spiro atoms. The van der Waals surface area contributed by atoms with Crippen LogP contribution in [0.3, 0.4) is 0 Å². The Kier molecular flexibility index (Phi) is 5.47. The quantitative estimate of drug-likeness (QED) is 0.772. The van der Waals surface area contributed by atoms with Crippen LogP contribution in [0.1, 0.15) is 24.7 Å². The molecule has 0 amide bonds. The molecule has 100 valence electrons. The van der Waals surface area contributed by atoms with Gasteiger partial charge in [-0.1, -0.05) is 19.1 Å². The summed E-state index contributed by atoms with van der Waals surface area (Å²) in [6.45, 7) is 4.67. The second kappa shape index (κ2) is 7.61. The summed E-state index contributed by atoms with van der Waals surface area (Å²) in [6, 6.07) is 12.0. The summed E-state index contributed by atoms with van der Waals surface area (Å²) >= 11 is 0. The number of nitrogens with zero attached hydrogens (tertiary/aromatic N) is 3. The van der Waals surface area contributed by atoms with E-state index in [-0.39, 0.29) is 0 Å². The van der Waals surface area contributed by atoms with Crippen LogP contribution >= 0.6 is 0 Å². The number of rotatable bonds is 7. The van der Waals surface area contributed by atoms with Crippen LogP contribution in [0.15, 0.2) is 48.8 Å². The molecule has 0 unspecified atom stereocenters. The highest BCUT2D eigenvalue weighted by molar-refractivity contribution is 5.05. The summed E-state index contributed by atoms with van der Waals surface area (Å²) in [6.07, 6.45) is 4.75. The van der Waals surface area contributed by atoms with Gasteiger partial charge in [-0.3, -0.25) is 15.4 Å². The molecule has 0 aliphatic rings. The van der Waals surface area contributed by atoms with E-state index in [4.69, 9.17) is 0 Å². The molecule has 0 saturated heterocycles. The molecule has 4 nitrogen and oxygen atoms in total. The zero-order valence-electron chi connectivity index (χ0n) is 11.3. The number of aromatic nitrogens is 2. The number of hydrogen-bond acceptors (Lipinski definition) is 4. The lowest BCUT2D eigenvalue weighted by Crippen LogP contribution is -2.37. The number of nitrogens with one attached hydrogen (secondary N) is 1. The van der Waals surface area contributed by atoms with Gasteiger partial charge in [-0.2, -0.15) is 0 Å². The van der Waals surface area contributed by atoms with E-state index in [1.165, 1.54) is 0 Å². The van der Waals surface area contributed by atoms with Gasteiger partial charge < -0.3 is 0 Å². The maximum Gasteiger partial charge on any atom is 0.0559 e. The van der Waals surface area contributed by atoms with Crippen LogP contribution in [-0.4, -0.2) is 21.5 Å². The van der Waals surface area contributed by atoms with Gasteiger partial charge in [0.15, 0.2) is 0 Å². The summed E-state index contributed by atoms with van der Waals surface area (Å²) in [5.74, 6) is 0. The Morgan fingerprint density at radius 1 is 0.947 bits per heavy atom. The Balaban J connectivity index is 1.99. The van der Waals surface area contributed by atoms with Crippen LogP contribution in [0, 0.1) is 0 Å². The molecule has 2 heterocycles. The molecule has 1 N–H and O–H groups in total. The molecule has 2 rings (SSSR count). The Bertz CT molecular complexity index is 417. The normalized spacial score (nSPS) is 10.8. The first-order chi connectivity index (χ1) is 9.38. The summed E-state index contributed by atoms with van der Waals surface area (Å²) in [5.41, 5.74) is 5.53. The topological polar surface area (TPSA) is 41.0 Å². The van der Waals surface area contributed by atoms with E-state index in [1.54, 1.807) is 0 Å². The summed E-state index contributed by atoms with van der Waals surface area (Å²) in [4.78, 5) is 8.73. The van der Waals surface area contributed by atoms with Gasteiger partial charge in [0.05, 0.1) is 24.5 Å². The third-order valence-electron chi connectivity index (χ3n) is 2.74. The standard InChI is InChI=1S/C15H20N4/c1-2-9-18-19(12-14-7-3-5-10-16-14)13-15-8-4-6-11-17-15/h3-8,10-11,18H,2,9,12-13H2,1H3. The highest BCUT2D eigenvalue weighted by Gasteiger charge is 2.07. The van der Waals surface area contributed by atoms with E-state index >= 15 is 0 Å². The van der Waals surface area contributed by atoms with Crippen LogP contribution in [0.2, 0.25) is 0 Å². The van der Waals surface area contributed by atoms with Crippen molar-refractivity contribution in [3.05, 3.63) is 60.2 Å². The minimum Gasteiger partial charge on any atom is -0.260 e. The predicted octanol–water partition coefficient (Wildman–Crippen LogP) is 2.39. The van der Waals surface area contributed by atoms with E-state index in [0.29, 0.717) is 0 Å². The highest BCUT2D eigenvalue weighted by Crippen LogP contribution is 2.04. The lowest BCUT2D eigenvalue weighted by Gasteiger charge is -2.22. The molecule has 0 bridgehead atoms. The summed E-state index contributed by atoms with van der Waals surface area (Å²) in [5, 5.41) is 2.16. The highest BCUT2D eigenvalue weighted by atomic mass is 15.5. The molecule has 0 aromatic carbocycles. The molecule has 0 aliphatic carbocycles. The van der Waals surface area contributed by atoms with Gasteiger partial charge in [-0.05, 0) is 30.7 Å². The number of pyridine rings is 2. The molecule has 0 aliphatic heterocycles. The molecule has 4 heteroatoms. The average Bonchev–Trinajstić information content (AvgIpc) is 2.47. The van der Waals surface area contributed by atoms with E-state index < -0.39 is 0 Å². The molecule has 2 aromatic heterocycles. The fraction of sp³-hybridized carbons (Fsp3) is 0.333. The molecule has 19 heavy (non-hydrogen) atoms. The lowest BCUT2D eigenvalue weighted by atomic mass is 10.3. The van der Waals surface area contributed by atoms with E-state index in [0.717, 1.165) is 37.4 Å². The van der Waals surface area contributed by atoms with Gasteiger partial charge in [-0.15, -0.1) is 0 Å². The molecular weight excluding hydrogens is 236 g/mol. The van der Waals surface area contributed by atoms with Gasteiger partial charge in [0.25, 0.3) is 0 Å². The van der Waals surface area contributed by atoms with Crippen molar-refractivity contribution in [2.75, 3.05) is 6.54 Å². The van der Waals surface area contributed by atoms with Gasteiger partial charge in [0.2, 0.25) is 0 Å². The smallest absolute Gasteiger partial charge is 0.0559 e. The fourth-order valence-corrected chi connectivity index (χ4v) is 1.81. The van der Waals surface area contributed by atoms with Crippen molar-refractivity contribution in [1.82, 2.24) is 20.4 Å². The molecule has 0 atom stereocenters. The Hall–Kier alpha value is -1.78. The monoisotopic (exact) mass is 256 g/mol. The van der Waals surface area contributed by atoms with Crippen LogP contribution in [-0.2, 0) is 13.1 Å². The number of hydrazine groups is 1. The van der Waals surface area contributed by atoms with Crippen LogP contribution < -0.4 is 5.43 Å². The SMILES string of the molecule is CCCNN(Cc1ccccn1)Cc1ccccn1. The van der Waals surface area contributed by atoms with Crippen LogP contribution in [0.5, 0.6) is 0 Å². The van der Waals surface area contributed by atoms with Gasteiger partial charge in [0.1, 0.15) is 0 Å². The van der Waals surface area contributed by atoms with Crippen molar-refractivity contribution < 1.29 is 0 Å². The van der Waals surface area contributed by atoms with Crippen molar-refractivity contribution in [2.24, 2.45) is 0 Å². The molecule has 0 saturated carbocycles. The largest absolute Gasteiger partial charge is 0.260 e. The second-order valence-corrected chi connectivity index (χ2v) is 4.41. The first-order valence-electron chi connectivity index (χ1n) is 6.66. The minimum absolute atomic E-state index is 0.775. The van der Waals surface area contributed by atoms with Gasteiger partial charge in [0, 0.05) is 18.9 Å². The van der Waals surface area contributed by atoms with E-state index in [9.17, 15) is 0 Å². The third-order valence-corrected chi connectivity index (χ3v) is 2.74. The van der Waals surface area contributed by atoms with Crippen molar-refractivity contribution >= 4 is 0 Å². The first kappa shape index (κ1) is 13.6. The third kappa shape index (κ3) is 4.77. The van der Waals surface area contributed by atoms with Crippen molar-refractivity contribution in [3.63, 3.8) is 0 Å². The zero-order valence-corrected chi connectivity index (χ0v) is 11.3. The van der Waals surface area contributed by atoms with Crippen molar-refractivity contribution in [3.8, 4) is 0 Å².